The molecule has 0 aliphatic carbocycles. The third kappa shape index (κ3) is 7.95. The maximum atomic E-state index is 13.7. The van der Waals surface area contributed by atoms with Crippen LogP contribution in [-0.4, -0.2) is 19.9 Å². The molecule has 0 saturated carbocycles. The van der Waals surface area contributed by atoms with Gasteiger partial charge in [-0.05, 0) is 119 Å². The Hall–Kier alpha value is -7.36. The van der Waals surface area contributed by atoms with E-state index in [-0.39, 0.29) is 0 Å². The van der Waals surface area contributed by atoms with Crippen LogP contribution in [0, 0.1) is 0 Å². The maximum absolute atomic E-state index is 13.7. The van der Waals surface area contributed by atoms with Gasteiger partial charge < -0.3 is 19.9 Å². The number of halogens is 12. The summed E-state index contributed by atoms with van der Waals surface area (Å²) in [6.45, 7) is 0. The number of benzene rings is 4. The van der Waals surface area contributed by atoms with Crippen molar-refractivity contribution < 1.29 is 52.7 Å². The van der Waals surface area contributed by atoms with Gasteiger partial charge in [0.1, 0.15) is 0 Å². The van der Waals surface area contributed by atoms with Crippen molar-refractivity contribution in [3.8, 4) is 0 Å². The first-order valence-electron chi connectivity index (χ1n) is 19.2. The molecule has 16 heteroatoms. The van der Waals surface area contributed by atoms with Crippen molar-refractivity contribution in [2.45, 2.75) is 24.7 Å². The fraction of sp³-hybridized carbons (Fsp3) is 0.0833. The van der Waals surface area contributed by atoms with Gasteiger partial charge in [-0.25, -0.2) is 0 Å². The normalized spacial score (nSPS) is 13.8. The number of alkyl halides is 12. The van der Waals surface area contributed by atoms with Gasteiger partial charge >= 0.3 is 24.7 Å². The van der Waals surface area contributed by atoms with E-state index in [1.807, 2.05) is 0 Å². The average molecular weight is 889 g/mol. The van der Waals surface area contributed by atoms with E-state index in [4.69, 9.17) is 0 Å². The lowest BCUT2D eigenvalue weighted by Gasteiger charge is -2.12. The Bertz CT molecular complexity index is 2840. The standard InChI is InChI=1S/C48H28F12N4/c49-45(50,51)29-9-1-25(2-10-29)41-33-17-19-35(61-33)42(26-3-11-30(12-4-26)46(52,53)54)37-21-23-39(63-37)44(28-7-15-32(16-8-28)48(58,59)60)40-24-22-38(64-40)43(36-20-18-34(41)62-36)27-5-13-31(14-6-27)47(55,56)57/h1-24,61-64H. The first-order chi connectivity index (χ1) is 30.2. The summed E-state index contributed by atoms with van der Waals surface area (Å²) in [5, 5.41) is 1.45. The third-order valence-electron chi connectivity index (χ3n) is 10.9. The molecule has 9 rings (SSSR count). The van der Waals surface area contributed by atoms with Crippen LogP contribution in [0.1, 0.15) is 67.3 Å². The molecule has 0 unspecified atom stereocenters. The minimum atomic E-state index is -4.65. The summed E-state index contributed by atoms with van der Waals surface area (Å²) < 4.78 is 165. The monoisotopic (exact) mass is 888 g/mol. The zero-order chi connectivity index (χ0) is 45.3. The van der Waals surface area contributed by atoms with Crippen molar-refractivity contribution in [3.05, 3.63) is 234 Å². The molecular weight excluding hydrogens is 861 g/mol. The fourth-order valence-electron chi connectivity index (χ4n) is 7.87. The van der Waals surface area contributed by atoms with Crippen LogP contribution in [0.2, 0.25) is 0 Å². The predicted molar refractivity (Wildman–Crippen MR) is 214 cm³/mol. The lowest BCUT2D eigenvalue weighted by atomic mass is 10.0. The molecule has 0 atom stereocenters. The number of aromatic nitrogens is 4. The van der Waals surface area contributed by atoms with Gasteiger partial charge in [0.2, 0.25) is 0 Å². The van der Waals surface area contributed by atoms with E-state index < -0.39 is 47.0 Å². The molecule has 4 nitrogen and oxygen atoms in total. The molecule has 0 fully saturated rings. The van der Waals surface area contributed by atoms with Gasteiger partial charge in [-0.15, -0.1) is 0 Å². The number of hydrogen-bond acceptors (Lipinski definition) is 0. The van der Waals surface area contributed by atoms with Crippen molar-refractivity contribution >= 4 is 22.3 Å². The molecular formula is C48H28F12N4. The molecule has 64 heavy (non-hydrogen) atoms. The quantitative estimate of drug-likeness (QED) is 0.127. The van der Waals surface area contributed by atoms with E-state index >= 15 is 0 Å². The Morgan fingerprint density at radius 2 is 0.406 bits per heavy atom. The molecule has 4 aromatic heterocycles. The van der Waals surface area contributed by atoms with Gasteiger partial charge in [-0.2, -0.15) is 52.7 Å². The highest BCUT2D eigenvalue weighted by atomic mass is 19.4. The summed E-state index contributed by atoms with van der Waals surface area (Å²) in [5.74, 6) is 0. The molecule has 8 bridgehead atoms. The van der Waals surface area contributed by atoms with Crippen molar-refractivity contribution in [1.29, 1.82) is 0 Å². The van der Waals surface area contributed by atoms with Gasteiger partial charge in [0.25, 0.3) is 0 Å². The second-order valence-electron chi connectivity index (χ2n) is 14.9. The van der Waals surface area contributed by atoms with E-state index in [2.05, 4.69) is 19.9 Å². The Labute approximate surface area is 353 Å². The number of hydrogen-bond donors (Lipinski definition) is 4. The number of aromatic amines is 4. The summed E-state index contributed by atoms with van der Waals surface area (Å²) in [6.07, 6.45) is -18.6. The second-order valence-corrected chi connectivity index (χ2v) is 14.9. The van der Waals surface area contributed by atoms with Crippen LogP contribution < -0.4 is 21.4 Å². The smallest absolute Gasteiger partial charge is 0.354 e. The minimum absolute atomic E-state index is 0.322. The molecule has 4 N–H and O–H groups in total. The van der Waals surface area contributed by atoms with Crippen molar-refractivity contribution in [2.75, 3.05) is 0 Å². The van der Waals surface area contributed by atoms with Gasteiger partial charge in [0.05, 0.1) is 22.3 Å². The molecule has 1 aliphatic heterocycles. The number of rotatable bonds is 4. The van der Waals surface area contributed by atoms with Gasteiger partial charge in [0, 0.05) is 66.5 Å². The fourth-order valence-corrected chi connectivity index (χ4v) is 7.87. The predicted octanol–water partition coefficient (Wildman–Crippen LogP) is 10.4. The van der Waals surface area contributed by atoms with E-state index in [0.717, 1.165) is 48.5 Å². The topological polar surface area (TPSA) is 63.2 Å². The zero-order valence-corrected chi connectivity index (χ0v) is 32.4. The molecule has 324 valence electrons. The van der Waals surface area contributed by atoms with Crippen LogP contribution in [0.15, 0.2) is 146 Å². The Morgan fingerprint density at radius 3 is 0.578 bits per heavy atom. The number of nitrogens with one attached hydrogen (secondary N) is 4. The highest BCUT2D eigenvalue weighted by Crippen LogP contribution is 2.36. The van der Waals surface area contributed by atoms with Crippen molar-refractivity contribution in [1.82, 2.24) is 19.9 Å². The Balaban J connectivity index is 1.38. The van der Waals surface area contributed by atoms with Crippen LogP contribution in [-0.2, 0) is 24.7 Å². The largest absolute Gasteiger partial charge is 0.416 e. The molecule has 1 aliphatic rings. The third-order valence-corrected chi connectivity index (χ3v) is 10.9. The van der Waals surface area contributed by atoms with Crippen LogP contribution >= 0.6 is 0 Å². The van der Waals surface area contributed by atoms with Crippen molar-refractivity contribution in [3.63, 3.8) is 0 Å². The van der Waals surface area contributed by atoms with E-state index in [1.165, 1.54) is 48.5 Å². The molecule has 0 amide bonds. The molecule has 8 aromatic rings. The summed E-state index contributed by atoms with van der Waals surface area (Å²) in [5.41, 5.74) is 0.599. The van der Waals surface area contributed by atoms with E-state index in [9.17, 15) is 52.7 Å². The summed E-state index contributed by atoms with van der Waals surface area (Å²) in [4.78, 5) is 13.3. The maximum Gasteiger partial charge on any atom is 0.416 e. The number of H-pyrrole nitrogens is 4. The van der Waals surface area contributed by atoms with Crippen LogP contribution in [0.3, 0.4) is 0 Å². The van der Waals surface area contributed by atoms with Crippen LogP contribution in [0.5, 0.6) is 0 Å². The highest BCUT2D eigenvalue weighted by molar-refractivity contribution is 5.85. The minimum Gasteiger partial charge on any atom is -0.354 e. The van der Waals surface area contributed by atoms with Gasteiger partial charge in [-0.1, -0.05) is 48.5 Å². The average Bonchev–Trinajstić information content (AvgIpc) is 4.08. The van der Waals surface area contributed by atoms with E-state index in [0.29, 0.717) is 88.7 Å². The first-order valence-corrected chi connectivity index (χ1v) is 19.2. The summed E-state index contributed by atoms with van der Waals surface area (Å²) >= 11 is 0. The Morgan fingerprint density at radius 1 is 0.219 bits per heavy atom. The SMILES string of the molecule is FC(F)(F)c1ccc(C2=c3ccc([nH]3)=C(c3ccc(C(F)(F)F)cc3)c3ccc([nH]3)C(c3ccc(C(F)(F)F)cc3)=c3ccc([nH]3)=C(c3ccc(C(F)(F)F)cc3)c3ccc2[nH]3)cc1. The van der Waals surface area contributed by atoms with Gasteiger partial charge in [0.15, 0.2) is 0 Å². The number of fused-ring (bicyclic) bond motifs is 8. The molecule has 4 aromatic carbocycles. The van der Waals surface area contributed by atoms with E-state index in [1.54, 1.807) is 48.5 Å². The zero-order valence-electron chi connectivity index (χ0n) is 32.4. The lowest BCUT2D eigenvalue weighted by Crippen LogP contribution is -2.19. The lowest BCUT2D eigenvalue weighted by molar-refractivity contribution is -0.138. The molecule has 0 saturated heterocycles. The summed E-state index contributed by atoms with van der Waals surface area (Å²) in [6, 6.07) is 30.8. The molecule has 5 heterocycles. The highest BCUT2D eigenvalue weighted by Gasteiger charge is 2.33. The molecule has 0 spiro atoms. The van der Waals surface area contributed by atoms with Gasteiger partial charge in [-0.3, -0.25) is 0 Å². The van der Waals surface area contributed by atoms with Crippen molar-refractivity contribution in [2.24, 2.45) is 0 Å². The Kier molecular flexibility index (Phi) is 9.95. The second kappa shape index (κ2) is 15.2. The van der Waals surface area contributed by atoms with Crippen LogP contribution in [0.25, 0.3) is 22.3 Å². The first kappa shape index (κ1) is 42.0. The molecule has 0 radical (unpaired) electrons. The van der Waals surface area contributed by atoms with Crippen LogP contribution in [0.4, 0.5) is 52.7 Å². The summed E-state index contributed by atoms with van der Waals surface area (Å²) in [7, 11) is 0.